The quantitative estimate of drug-likeness (QED) is 0.288. The van der Waals surface area contributed by atoms with Gasteiger partial charge in [-0.15, -0.1) is 0 Å². The van der Waals surface area contributed by atoms with Crippen molar-refractivity contribution in [3.05, 3.63) is 88.5 Å². The van der Waals surface area contributed by atoms with Crippen molar-refractivity contribution in [2.45, 2.75) is 72.1 Å². The van der Waals surface area contributed by atoms with Crippen molar-refractivity contribution in [3.63, 3.8) is 0 Å². The van der Waals surface area contributed by atoms with Gasteiger partial charge < -0.3 is 4.74 Å². The molecular formula is C31H42OP2. The Labute approximate surface area is 211 Å². The molecule has 1 nitrogen and oxygen atoms in total. The van der Waals surface area contributed by atoms with Gasteiger partial charge in [0, 0.05) is 10.7 Å². The molecule has 0 heterocycles. The average Bonchev–Trinajstić information content (AvgIpc) is 2.79. The van der Waals surface area contributed by atoms with Gasteiger partial charge >= 0.3 is 0 Å². The van der Waals surface area contributed by atoms with E-state index in [2.05, 4.69) is 122 Å². The third kappa shape index (κ3) is 6.11. The molecule has 34 heavy (non-hydrogen) atoms. The summed E-state index contributed by atoms with van der Waals surface area (Å²) < 4.78 is 6.62. The minimum Gasteiger partial charge on any atom is -0.488 e. The molecule has 0 bridgehead atoms. The van der Waals surface area contributed by atoms with Crippen molar-refractivity contribution in [3.8, 4) is 5.75 Å². The highest BCUT2D eigenvalue weighted by Crippen LogP contribution is 2.50. The fourth-order valence-corrected chi connectivity index (χ4v) is 7.73. The minimum atomic E-state index is -0.159. The summed E-state index contributed by atoms with van der Waals surface area (Å²) in [4.78, 5) is 0. The van der Waals surface area contributed by atoms with Gasteiger partial charge in [0.1, 0.15) is 12.4 Å². The summed E-state index contributed by atoms with van der Waals surface area (Å²) in [5.74, 6) is 1.07. The Balaban J connectivity index is 2.14. The predicted octanol–water partition coefficient (Wildman–Crippen LogP) is 8.18. The molecule has 3 rings (SSSR count). The van der Waals surface area contributed by atoms with Crippen LogP contribution < -0.4 is 15.3 Å². The smallest absolute Gasteiger partial charge is 0.126 e. The zero-order valence-corrected chi connectivity index (χ0v) is 24.4. The van der Waals surface area contributed by atoms with Crippen LogP contribution in [0.3, 0.4) is 0 Å². The summed E-state index contributed by atoms with van der Waals surface area (Å²) in [6.07, 6.45) is 1.07. The lowest BCUT2D eigenvalue weighted by atomic mass is 9.82. The van der Waals surface area contributed by atoms with E-state index in [0.717, 1.165) is 12.2 Å². The van der Waals surface area contributed by atoms with Crippen molar-refractivity contribution in [2.75, 3.05) is 13.3 Å². The van der Waals surface area contributed by atoms with Gasteiger partial charge in [-0.1, -0.05) is 112 Å². The first-order valence-corrected chi connectivity index (χ1v) is 15.6. The molecule has 0 fully saturated rings. The van der Waals surface area contributed by atoms with Crippen LogP contribution in [0.25, 0.3) is 0 Å². The molecule has 2 unspecified atom stereocenters. The van der Waals surface area contributed by atoms with Crippen LogP contribution in [0, 0.1) is 13.8 Å². The van der Waals surface area contributed by atoms with E-state index >= 15 is 0 Å². The molecule has 0 aliphatic heterocycles. The first-order chi connectivity index (χ1) is 16.0. The molecule has 182 valence electrons. The van der Waals surface area contributed by atoms with E-state index in [0.29, 0.717) is 15.2 Å². The fourth-order valence-electron chi connectivity index (χ4n) is 4.35. The number of rotatable bonds is 8. The maximum Gasteiger partial charge on any atom is 0.126 e. The molecule has 0 radical (unpaired) electrons. The highest BCUT2D eigenvalue weighted by molar-refractivity contribution is 7.66. The SMILES string of the molecule is CCC(C)(Pc1c(C)cccc1P(C)C)c1cc(C(C)(C)C)cc(C)c1OCc1ccccc1. The van der Waals surface area contributed by atoms with E-state index in [9.17, 15) is 0 Å². The van der Waals surface area contributed by atoms with Crippen LogP contribution >= 0.6 is 16.5 Å². The average molecular weight is 493 g/mol. The summed E-state index contributed by atoms with van der Waals surface area (Å²) in [7, 11) is 0.537. The van der Waals surface area contributed by atoms with Crippen molar-refractivity contribution >= 4 is 27.1 Å². The van der Waals surface area contributed by atoms with E-state index in [-0.39, 0.29) is 18.5 Å². The van der Waals surface area contributed by atoms with Crippen LogP contribution in [0.5, 0.6) is 5.75 Å². The normalized spacial score (nSPS) is 14.1. The van der Waals surface area contributed by atoms with Crippen LogP contribution in [-0.2, 0) is 17.2 Å². The number of hydrogen-bond donors (Lipinski definition) is 0. The predicted molar refractivity (Wildman–Crippen MR) is 156 cm³/mol. The van der Waals surface area contributed by atoms with Crippen molar-refractivity contribution in [2.24, 2.45) is 0 Å². The Bertz CT molecular complexity index is 1110. The van der Waals surface area contributed by atoms with Crippen molar-refractivity contribution in [1.29, 1.82) is 0 Å². The fraction of sp³-hybridized carbons (Fsp3) is 0.419. The number of aryl methyl sites for hydroxylation is 2. The topological polar surface area (TPSA) is 9.23 Å². The van der Waals surface area contributed by atoms with E-state index in [1.807, 2.05) is 0 Å². The lowest BCUT2D eigenvalue weighted by molar-refractivity contribution is 0.297. The number of ether oxygens (including phenoxy) is 1. The van der Waals surface area contributed by atoms with Gasteiger partial charge in [0.2, 0.25) is 0 Å². The Morgan fingerprint density at radius 2 is 1.53 bits per heavy atom. The monoisotopic (exact) mass is 492 g/mol. The molecule has 3 aromatic rings. The van der Waals surface area contributed by atoms with Gasteiger partial charge in [-0.3, -0.25) is 0 Å². The number of benzene rings is 3. The lowest BCUT2D eigenvalue weighted by Crippen LogP contribution is -2.28. The minimum absolute atomic E-state index is 0.00421. The standard InChI is InChI=1S/C31H42OP2/c1-10-31(7,33-29-22(2)15-14-18-27(29)34(8)9)26-20-25(30(4,5)6)19-23(3)28(26)32-21-24-16-12-11-13-17-24/h11-20,33H,10,21H2,1-9H3. The van der Waals surface area contributed by atoms with Gasteiger partial charge in [0.25, 0.3) is 0 Å². The largest absolute Gasteiger partial charge is 0.488 e. The molecule has 0 aromatic heterocycles. The van der Waals surface area contributed by atoms with Crippen LogP contribution in [0.2, 0.25) is 0 Å². The Kier molecular flexibility index (Phi) is 8.65. The van der Waals surface area contributed by atoms with Crippen LogP contribution in [0.15, 0.2) is 60.7 Å². The summed E-state index contributed by atoms with van der Waals surface area (Å²) in [6, 6.07) is 22.1. The van der Waals surface area contributed by atoms with Crippen LogP contribution in [-0.4, -0.2) is 13.3 Å². The van der Waals surface area contributed by atoms with E-state index < -0.39 is 0 Å². The number of hydrogen-bond acceptors (Lipinski definition) is 1. The van der Waals surface area contributed by atoms with E-state index in [1.165, 1.54) is 27.8 Å². The molecular weight excluding hydrogens is 450 g/mol. The maximum absolute atomic E-state index is 6.62. The highest BCUT2D eigenvalue weighted by Gasteiger charge is 2.33. The molecule has 2 atom stereocenters. The summed E-state index contributed by atoms with van der Waals surface area (Å²) in [6.45, 7) is 21.6. The van der Waals surface area contributed by atoms with Gasteiger partial charge in [0.05, 0.1) is 0 Å². The van der Waals surface area contributed by atoms with Gasteiger partial charge in [-0.25, -0.2) is 0 Å². The zero-order valence-electron chi connectivity index (χ0n) is 22.5. The molecule has 3 heteroatoms. The first kappa shape index (κ1) is 26.9. The van der Waals surface area contributed by atoms with E-state index in [1.54, 1.807) is 10.6 Å². The molecule has 0 saturated heterocycles. The summed E-state index contributed by atoms with van der Waals surface area (Å²) >= 11 is 0. The zero-order chi connectivity index (χ0) is 25.1. The maximum atomic E-state index is 6.62. The second-order valence-electron chi connectivity index (χ2n) is 10.9. The Hall–Kier alpha value is -1.68. The van der Waals surface area contributed by atoms with Gasteiger partial charge in [-0.05, 0) is 71.9 Å². The summed E-state index contributed by atoms with van der Waals surface area (Å²) in [5, 5.41) is 3.10. The van der Waals surface area contributed by atoms with Crippen LogP contribution in [0.4, 0.5) is 0 Å². The third-order valence-electron chi connectivity index (χ3n) is 6.80. The van der Waals surface area contributed by atoms with Gasteiger partial charge in [0.15, 0.2) is 0 Å². The second-order valence-corrected chi connectivity index (χ2v) is 15.0. The third-order valence-corrected chi connectivity index (χ3v) is 10.4. The Morgan fingerprint density at radius 3 is 2.12 bits per heavy atom. The molecule has 0 spiro atoms. The molecule has 0 amide bonds. The first-order valence-electron chi connectivity index (χ1n) is 12.3. The second kappa shape index (κ2) is 10.9. The molecule has 0 aliphatic carbocycles. The lowest BCUT2D eigenvalue weighted by Gasteiger charge is -2.35. The highest BCUT2D eigenvalue weighted by atomic mass is 31.1. The summed E-state index contributed by atoms with van der Waals surface area (Å²) in [5.41, 5.74) is 6.69. The van der Waals surface area contributed by atoms with Gasteiger partial charge in [-0.2, -0.15) is 0 Å². The van der Waals surface area contributed by atoms with Crippen LogP contribution in [0.1, 0.15) is 68.9 Å². The van der Waals surface area contributed by atoms with Crippen molar-refractivity contribution < 1.29 is 4.74 Å². The molecule has 0 N–H and O–H groups in total. The molecule has 0 saturated carbocycles. The van der Waals surface area contributed by atoms with Crippen molar-refractivity contribution in [1.82, 2.24) is 0 Å². The molecule has 0 aliphatic rings. The Morgan fingerprint density at radius 1 is 0.853 bits per heavy atom. The molecule has 3 aromatic carbocycles. The van der Waals surface area contributed by atoms with E-state index in [4.69, 9.17) is 4.74 Å².